The van der Waals surface area contributed by atoms with Gasteiger partial charge in [-0.1, -0.05) is 84.1 Å². The van der Waals surface area contributed by atoms with Crippen molar-refractivity contribution in [2.24, 2.45) is 0 Å². The quantitative estimate of drug-likeness (QED) is 0.0597. The Morgan fingerprint density at radius 2 is 1.49 bits per heavy atom. The molecule has 1 aromatic heterocycles. The normalized spacial score (nSPS) is 16.7. The Balaban J connectivity index is 1.21. The van der Waals surface area contributed by atoms with E-state index in [1.165, 1.54) is 6.07 Å². The van der Waals surface area contributed by atoms with Crippen molar-refractivity contribution >= 4 is 5.97 Å². The Morgan fingerprint density at radius 3 is 2.09 bits per heavy atom. The summed E-state index contributed by atoms with van der Waals surface area (Å²) in [5, 5.41) is 21.7. The largest absolute Gasteiger partial charge is 0.497 e. The van der Waals surface area contributed by atoms with Crippen LogP contribution < -0.4 is 15.0 Å². The zero-order chi connectivity index (χ0) is 37.4. The van der Waals surface area contributed by atoms with Crippen LogP contribution in [-0.4, -0.2) is 60.8 Å². The molecule has 0 bridgehead atoms. The lowest BCUT2D eigenvalue weighted by atomic mass is 9.80. The number of ether oxygens (including phenoxy) is 5. The lowest BCUT2D eigenvalue weighted by molar-refractivity contribution is -0.0829. The first-order valence-electron chi connectivity index (χ1n) is 17.2. The number of aromatic nitrogens is 1. The first kappa shape index (κ1) is 36.9. The molecule has 3 N–H and O–H groups in total. The average Bonchev–Trinajstić information content (AvgIpc) is 3.56. The van der Waals surface area contributed by atoms with Crippen molar-refractivity contribution in [2.45, 2.75) is 43.7 Å². The van der Waals surface area contributed by atoms with Gasteiger partial charge in [0.1, 0.15) is 29.8 Å². The number of H-pyrrole nitrogens is 1. The molecule has 0 saturated carbocycles. The highest BCUT2D eigenvalue weighted by Crippen LogP contribution is 2.43. The third-order valence-electron chi connectivity index (χ3n) is 9.23. The van der Waals surface area contributed by atoms with E-state index in [1.807, 2.05) is 97.9 Å². The minimum absolute atomic E-state index is 0.0332. The van der Waals surface area contributed by atoms with Gasteiger partial charge < -0.3 is 33.9 Å². The van der Waals surface area contributed by atoms with E-state index in [-0.39, 0.29) is 37.2 Å². The summed E-state index contributed by atoms with van der Waals surface area (Å²) < 4.78 is 29.4. The van der Waals surface area contributed by atoms with Crippen LogP contribution in [0.5, 0.6) is 17.4 Å². The van der Waals surface area contributed by atoms with Gasteiger partial charge in [0.05, 0.1) is 44.2 Å². The number of aromatic hydroxyl groups is 1. The standard InChI is InChI=1S/C43H41NO9/c1-28-12-14-29(15-13-28)42(48)51-24-8-7-9-30-25-36(41(47)44-40(30)46)38-26-37(45)39(53-38)27-52-43(31-10-5-4-6-11-31,32-16-20-34(49-2)21-17-32)33-18-22-35(50-3)23-19-33/h4-6,10-23,25,37-39,45H,8,24,26-27H2,1-3H3,(H2,44,46,47). The summed E-state index contributed by atoms with van der Waals surface area (Å²) in [7, 11) is 3.22. The highest BCUT2D eigenvalue weighted by atomic mass is 16.6. The van der Waals surface area contributed by atoms with Crippen molar-refractivity contribution < 1.29 is 38.7 Å². The van der Waals surface area contributed by atoms with Crippen molar-refractivity contribution in [3.05, 3.63) is 158 Å². The molecule has 0 amide bonds. The van der Waals surface area contributed by atoms with Crippen molar-refractivity contribution in [1.29, 1.82) is 0 Å². The topological polar surface area (TPSA) is 137 Å². The van der Waals surface area contributed by atoms with Gasteiger partial charge in [-0.3, -0.25) is 9.78 Å². The first-order valence-corrected chi connectivity index (χ1v) is 17.2. The molecule has 3 unspecified atom stereocenters. The molecule has 1 fully saturated rings. The number of esters is 1. The zero-order valence-corrected chi connectivity index (χ0v) is 29.7. The van der Waals surface area contributed by atoms with Crippen molar-refractivity contribution in [1.82, 2.24) is 4.98 Å². The summed E-state index contributed by atoms with van der Waals surface area (Å²) in [6.45, 7) is 1.95. The molecule has 3 atom stereocenters. The van der Waals surface area contributed by atoms with Crippen molar-refractivity contribution in [3.63, 3.8) is 0 Å². The van der Waals surface area contributed by atoms with E-state index in [0.29, 0.717) is 17.1 Å². The predicted octanol–water partition coefficient (Wildman–Crippen LogP) is 6.20. The van der Waals surface area contributed by atoms with Crippen molar-refractivity contribution in [3.8, 4) is 29.2 Å². The fourth-order valence-corrected chi connectivity index (χ4v) is 6.36. The Morgan fingerprint density at radius 1 is 0.887 bits per heavy atom. The van der Waals surface area contributed by atoms with Crippen LogP contribution in [0.15, 0.2) is 114 Å². The number of hydrogen-bond donors (Lipinski definition) is 3. The van der Waals surface area contributed by atoms with Gasteiger partial charge in [0, 0.05) is 18.4 Å². The molecular formula is C43H41NO9. The molecule has 272 valence electrons. The molecule has 2 heterocycles. The summed E-state index contributed by atoms with van der Waals surface area (Å²) in [6, 6.07) is 33.5. The van der Waals surface area contributed by atoms with Gasteiger partial charge >= 0.3 is 5.97 Å². The lowest BCUT2D eigenvalue weighted by Gasteiger charge is -2.37. The summed E-state index contributed by atoms with van der Waals surface area (Å²) in [4.78, 5) is 27.8. The lowest BCUT2D eigenvalue weighted by Crippen LogP contribution is -2.38. The van der Waals surface area contributed by atoms with Gasteiger partial charge in [0.25, 0.3) is 5.56 Å². The maximum atomic E-state index is 13.0. The number of nitrogens with one attached hydrogen (secondary N) is 1. The second-order valence-electron chi connectivity index (χ2n) is 12.7. The number of aliphatic hydroxyl groups excluding tert-OH is 1. The number of carbonyl (C=O) groups excluding carboxylic acids is 1. The Hall–Kier alpha value is -5.86. The second-order valence-corrected chi connectivity index (χ2v) is 12.7. The third-order valence-corrected chi connectivity index (χ3v) is 9.23. The highest BCUT2D eigenvalue weighted by molar-refractivity contribution is 5.89. The number of benzene rings is 4. The molecule has 1 saturated heterocycles. The number of aliphatic hydroxyl groups is 1. The molecule has 53 heavy (non-hydrogen) atoms. The number of pyridine rings is 1. The van der Waals surface area contributed by atoms with E-state index >= 15 is 0 Å². The fraction of sp³-hybridized carbons (Fsp3) is 0.256. The highest BCUT2D eigenvalue weighted by Gasteiger charge is 2.42. The van der Waals surface area contributed by atoms with E-state index in [4.69, 9.17) is 23.7 Å². The van der Waals surface area contributed by atoms with Crippen LogP contribution in [0.3, 0.4) is 0 Å². The van der Waals surface area contributed by atoms with E-state index < -0.39 is 41.3 Å². The van der Waals surface area contributed by atoms with Gasteiger partial charge in [0.2, 0.25) is 5.88 Å². The minimum Gasteiger partial charge on any atom is -0.497 e. The SMILES string of the molecule is COc1ccc(C(OCC2OC(c3cc(C#CCCOC(=O)c4ccc(C)cc4)c(O)[nH]c3=O)CC2O)(c2ccccc2)c2ccc(OC)cc2)cc1. The zero-order valence-electron chi connectivity index (χ0n) is 29.7. The van der Waals surface area contributed by atoms with E-state index in [0.717, 1.165) is 22.3 Å². The fourth-order valence-electron chi connectivity index (χ4n) is 6.36. The number of carbonyl (C=O) groups is 1. The summed E-state index contributed by atoms with van der Waals surface area (Å²) in [5.41, 5.74) is 2.66. The van der Waals surface area contributed by atoms with Crippen LogP contribution in [-0.2, 0) is 19.8 Å². The van der Waals surface area contributed by atoms with Crippen LogP contribution in [0.2, 0.25) is 0 Å². The van der Waals surface area contributed by atoms with Gasteiger partial charge in [-0.05, 0) is 66.1 Å². The number of rotatable bonds is 12. The van der Waals surface area contributed by atoms with Crippen molar-refractivity contribution in [2.75, 3.05) is 27.4 Å². The molecule has 6 rings (SSSR count). The molecular weight excluding hydrogens is 674 g/mol. The van der Waals surface area contributed by atoms with Gasteiger partial charge in [-0.25, -0.2) is 4.79 Å². The molecule has 1 aliphatic heterocycles. The maximum Gasteiger partial charge on any atom is 0.338 e. The number of methoxy groups -OCH3 is 2. The Bertz CT molecular complexity index is 2070. The Labute approximate surface area is 307 Å². The summed E-state index contributed by atoms with van der Waals surface area (Å²) in [5.74, 6) is 6.24. The summed E-state index contributed by atoms with van der Waals surface area (Å²) >= 11 is 0. The van der Waals surface area contributed by atoms with Crippen LogP contribution >= 0.6 is 0 Å². The molecule has 4 aromatic carbocycles. The molecule has 0 aliphatic carbocycles. The van der Waals surface area contributed by atoms with Crippen LogP contribution in [0.1, 0.15) is 62.7 Å². The van der Waals surface area contributed by atoms with Gasteiger partial charge in [-0.15, -0.1) is 0 Å². The van der Waals surface area contributed by atoms with Gasteiger partial charge in [0.15, 0.2) is 0 Å². The minimum atomic E-state index is -1.13. The number of aryl methyl sites for hydroxylation is 1. The molecule has 10 nitrogen and oxygen atoms in total. The Kier molecular flexibility index (Phi) is 11.6. The van der Waals surface area contributed by atoms with E-state index in [1.54, 1.807) is 26.4 Å². The number of aromatic amines is 1. The van der Waals surface area contributed by atoms with Crippen LogP contribution in [0.25, 0.3) is 0 Å². The van der Waals surface area contributed by atoms with E-state index in [9.17, 15) is 19.8 Å². The van der Waals surface area contributed by atoms with Crippen LogP contribution in [0.4, 0.5) is 0 Å². The molecule has 0 radical (unpaired) electrons. The van der Waals surface area contributed by atoms with Gasteiger partial charge in [-0.2, -0.15) is 0 Å². The molecule has 5 aromatic rings. The second kappa shape index (κ2) is 16.7. The summed E-state index contributed by atoms with van der Waals surface area (Å²) in [6.07, 6.45) is -2.24. The molecule has 10 heteroatoms. The average molecular weight is 716 g/mol. The maximum absolute atomic E-state index is 13.0. The molecule has 0 spiro atoms. The first-order chi connectivity index (χ1) is 25.7. The number of hydrogen-bond acceptors (Lipinski definition) is 9. The van der Waals surface area contributed by atoms with Crippen LogP contribution in [0, 0.1) is 18.8 Å². The monoisotopic (exact) mass is 715 g/mol. The smallest absolute Gasteiger partial charge is 0.338 e. The van der Waals surface area contributed by atoms with E-state index in [2.05, 4.69) is 16.8 Å². The predicted molar refractivity (Wildman–Crippen MR) is 198 cm³/mol. The third kappa shape index (κ3) is 8.29. The molecule has 1 aliphatic rings.